The summed E-state index contributed by atoms with van der Waals surface area (Å²) in [4.78, 5) is 27.2. The number of aliphatic hydroxyl groups excluding tert-OH is 1. The third-order valence-corrected chi connectivity index (χ3v) is 4.92. The van der Waals surface area contributed by atoms with Gasteiger partial charge in [0.15, 0.2) is 5.82 Å². The monoisotopic (exact) mass is 418 g/mol. The summed E-state index contributed by atoms with van der Waals surface area (Å²) in [5.74, 6) is -0.452. The van der Waals surface area contributed by atoms with Crippen molar-refractivity contribution in [1.82, 2.24) is 5.16 Å². The van der Waals surface area contributed by atoms with Gasteiger partial charge >= 0.3 is 5.91 Å². The third-order valence-electron chi connectivity index (χ3n) is 4.92. The van der Waals surface area contributed by atoms with Crippen LogP contribution in [0.15, 0.2) is 70.8 Å². The number of aromatic nitrogens is 1. The van der Waals surface area contributed by atoms with Gasteiger partial charge in [0.2, 0.25) is 0 Å². The molecule has 1 aliphatic rings. The Bertz CT molecular complexity index is 1150. The van der Waals surface area contributed by atoms with Gasteiger partial charge in [-0.2, -0.15) is 0 Å². The molecule has 1 amide bonds. The van der Waals surface area contributed by atoms with Gasteiger partial charge in [0, 0.05) is 11.6 Å². The summed E-state index contributed by atoms with van der Waals surface area (Å²) in [7, 11) is 0. The van der Waals surface area contributed by atoms with E-state index in [1.54, 1.807) is 49.4 Å². The van der Waals surface area contributed by atoms with Gasteiger partial charge in [-0.05, 0) is 50.6 Å². The Hall–Kier alpha value is -3.87. The van der Waals surface area contributed by atoms with Crippen molar-refractivity contribution in [2.45, 2.75) is 32.9 Å². The quantitative estimate of drug-likeness (QED) is 0.375. The molecule has 3 aromatic rings. The molecule has 2 aromatic carbocycles. The first-order chi connectivity index (χ1) is 14.9. The fourth-order valence-electron chi connectivity index (χ4n) is 3.61. The van der Waals surface area contributed by atoms with Crippen LogP contribution in [-0.4, -0.2) is 28.1 Å². The number of hydrogen-bond donors (Lipinski definition) is 1. The molecular formula is C24H22N2O5. The normalized spacial score (nSPS) is 18.1. The van der Waals surface area contributed by atoms with E-state index in [4.69, 9.17) is 9.26 Å². The Kier molecular flexibility index (Phi) is 5.33. The average molecular weight is 418 g/mol. The van der Waals surface area contributed by atoms with E-state index in [2.05, 4.69) is 5.16 Å². The number of anilines is 1. The molecule has 0 radical (unpaired) electrons. The van der Waals surface area contributed by atoms with Gasteiger partial charge in [-0.3, -0.25) is 14.5 Å². The molecule has 1 fully saturated rings. The van der Waals surface area contributed by atoms with Crippen molar-refractivity contribution in [3.63, 3.8) is 0 Å². The van der Waals surface area contributed by atoms with E-state index in [1.165, 1.54) is 4.90 Å². The Balaban J connectivity index is 1.84. The highest BCUT2D eigenvalue weighted by Crippen LogP contribution is 2.41. The van der Waals surface area contributed by atoms with Gasteiger partial charge in [-0.1, -0.05) is 35.5 Å². The van der Waals surface area contributed by atoms with Gasteiger partial charge in [0.1, 0.15) is 17.3 Å². The smallest absolute Gasteiger partial charge is 0.301 e. The van der Waals surface area contributed by atoms with E-state index in [1.807, 2.05) is 32.0 Å². The van der Waals surface area contributed by atoms with E-state index < -0.39 is 17.7 Å². The largest absolute Gasteiger partial charge is 0.507 e. The molecule has 1 aromatic heterocycles. The molecule has 0 aliphatic carbocycles. The van der Waals surface area contributed by atoms with Crippen molar-refractivity contribution in [2.24, 2.45) is 0 Å². The van der Waals surface area contributed by atoms with Crippen molar-refractivity contribution >= 4 is 23.3 Å². The van der Waals surface area contributed by atoms with Crippen LogP contribution in [0, 0.1) is 6.92 Å². The second kappa shape index (κ2) is 8.10. The van der Waals surface area contributed by atoms with E-state index in [9.17, 15) is 14.7 Å². The van der Waals surface area contributed by atoms with Crippen LogP contribution in [0.2, 0.25) is 0 Å². The van der Waals surface area contributed by atoms with Gasteiger partial charge in [0.05, 0.1) is 17.7 Å². The Morgan fingerprint density at radius 2 is 1.77 bits per heavy atom. The second-order valence-corrected chi connectivity index (χ2v) is 7.57. The number of nitrogens with zero attached hydrogens (tertiary/aromatic N) is 2. The molecule has 1 atom stereocenters. The maximum absolute atomic E-state index is 13.0. The number of ketones is 1. The Morgan fingerprint density at radius 1 is 1.10 bits per heavy atom. The molecule has 0 spiro atoms. The van der Waals surface area contributed by atoms with Crippen LogP contribution in [0.3, 0.4) is 0 Å². The first-order valence-corrected chi connectivity index (χ1v) is 9.93. The van der Waals surface area contributed by atoms with Gasteiger partial charge in [-0.25, -0.2) is 0 Å². The minimum absolute atomic E-state index is 0.00520. The van der Waals surface area contributed by atoms with Gasteiger partial charge < -0.3 is 14.4 Å². The Morgan fingerprint density at radius 3 is 2.35 bits per heavy atom. The molecule has 1 aliphatic heterocycles. The summed E-state index contributed by atoms with van der Waals surface area (Å²) in [5.41, 5.74) is 1.07. The van der Waals surface area contributed by atoms with Crippen molar-refractivity contribution < 1.29 is 24.0 Å². The molecule has 1 N–H and O–H groups in total. The first-order valence-electron chi connectivity index (χ1n) is 9.93. The van der Waals surface area contributed by atoms with Crippen LogP contribution in [0.25, 0.3) is 5.76 Å². The van der Waals surface area contributed by atoms with Crippen LogP contribution in [-0.2, 0) is 9.59 Å². The number of amides is 1. The number of ether oxygens (including phenoxy) is 1. The summed E-state index contributed by atoms with van der Waals surface area (Å²) in [6.45, 7) is 5.53. The summed E-state index contributed by atoms with van der Waals surface area (Å²) in [6, 6.07) is 16.5. The lowest BCUT2D eigenvalue weighted by Gasteiger charge is -2.22. The topological polar surface area (TPSA) is 92.9 Å². The predicted octanol–water partition coefficient (Wildman–Crippen LogP) is 4.40. The lowest BCUT2D eigenvalue weighted by molar-refractivity contribution is -0.132. The minimum atomic E-state index is -0.836. The van der Waals surface area contributed by atoms with E-state index >= 15 is 0 Å². The van der Waals surface area contributed by atoms with Crippen molar-refractivity contribution in [3.8, 4) is 5.75 Å². The van der Waals surface area contributed by atoms with Gasteiger partial charge in [-0.15, -0.1) is 0 Å². The van der Waals surface area contributed by atoms with Crippen molar-refractivity contribution in [2.75, 3.05) is 4.90 Å². The molecule has 0 unspecified atom stereocenters. The number of carbonyl (C=O) groups excluding carboxylic acids is 2. The van der Waals surface area contributed by atoms with Crippen molar-refractivity contribution in [3.05, 3.63) is 83.1 Å². The Labute approximate surface area is 179 Å². The number of hydrogen-bond acceptors (Lipinski definition) is 6. The van der Waals surface area contributed by atoms with E-state index in [0.717, 1.165) is 0 Å². The number of benzene rings is 2. The minimum Gasteiger partial charge on any atom is -0.507 e. The number of rotatable bonds is 5. The zero-order valence-corrected chi connectivity index (χ0v) is 17.4. The number of aliphatic hydroxyl groups is 1. The predicted molar refractivity (Wildman–Crippen MR) is 115 cm³/mol. The fourth-order valence-corrected chi connectivity index (χ4v) is 3.61. The summed E-state index contributed by atoms with van der Waals surface area (Å²) in [6.07, 6.45) is 0.00812. The maximum atomic E-state index is 13.0. The zero-order valence-electron chi connectivity index (χ0n) is 17.4. The molecule has 7 nitrogen and oxygen atoms in total. The average Bonchev–Trinajstić information content (AvgIpc) is 3.29. The lowest BCUT2D eigenvalue weighted by atomic mass is 9.95. The number of carbonyl (C=O) groups is 2. The SMILES string of the molecule is Cc1cc(N2C(=O)C(=O)C(=C(O)c3ccc(OC(C)C)cc3)[C@@H]2c2ccccc2)no1. The van der Waals surface area contributed by atoms with Crippen molar-refractivity contribution in [1.29, 1.82) is 0 Å². The maximum Gasteiger partial charge on any atom is 0.301 e. The summed E-state index contributed by atoms with van der Waals surface area (Å²) < 4.78 is 10.8. The van der Waals surface area contributed by atoms with Crippen LogP contribution >= 0.6 is 0 Å². The highest BCUT2D eigenvalue weighted by molar-refractivity contribution is 6.51. The second-order valence-electron chi connectivity index (χ2n) is 7.57. The van der Waals surface area contributed by atoms with Crippen LogP contribution in [0.1, 0.15) is 36.8 Å². The van der Waals surface area contributed by atoms with Crippen LogP contribution < -0.4 is 9.64 Å². The van der Waals surface area contributed by atoms with Crippen LogP contribution in [0.4, 0.5) is 5.82 Å². The molecule has 4 rings (SSSR count). The number of Topliss-reactive ketones (excluding diaryl/α,β-unsaturated/α-hetero) is 1. The molecule has 7 heteroatoms. The van der Waals surface area contributed by atoms with Crippen LogP contribution in [0.5, 0.6) is 5.75 Å². The highest BCUT2D eigenvalue weighted by Gasteiger charge is 2.48. The third kappa shape index (κ3) is 3.82. The highest BCUT2D eigenvalue weighted by atomic mass is 16.5. The first kappa shape index (κ1) is 20.4. The molecule has 2 heterocycles. The lowest BCUT2D eigenvalue weighted by Crippen LogP contribution is -2.29. The molecule has 0 saturated carbocycles. The zero-order chi connectivity index (χ0) is 22.1. The van der Waals surface area contributed by atoms with E-state index in [0.29, 0.717) is 22.6 Å². The standard InChI is InChI=1S/C24H22N2O5/c1-14(2)30-18-11-9-17(10-12-18)22(27)20-21(16-7-5-4-6-8-16)26(24(29)23(20)28)19-13-15(3)31-25-19/h4-14,21,27H,1-3H3/t21-/m0/s1. The molecule has 1 saturated heterocycles. The number of aryl methyl sites for hydroxylation is 1. The van der Waals surface area contributed by atoms with Gasteiger partial charge in [0.25, 0.3) is 5.78 Å². The summed E-state index contributed by atoms with van der Waals surface area (Å²) >= 11 is 0. The van der Waals surface area contributed by atoms with E-state index in [-0.39, 0.29) is 23.3 Å². The summed E-state index contributed by atoms with van der Waals surface area (Å²) in [5, 5.41) is 15.0. The molecule has 158 valence electrons. The fraction of sp³-hybridized carbons (Fsp3) is 0.208. The molecular weight excluding hydrogens is 396 g/mol. The molecule has 0 bridgehead atoms. The molecule has 31 heavy (non-hydrogen) atoms.